The van der Waals surface area contributed by atoms with Crippen molar-refractivity contribution in [2.45, 2.75) is 51.5 Å². The summed E-state index contributed by atoms with van der Waals surface area (Å²) in [5, 5.41) is 0. The minimum atomic E-state index is 0. The van der Waals surface area contributed by atoms with E-state index in [1.54, 1.807) is 0 Å². The first kappa shape index (κ1) is 19.3. The third kappa shape index (κ3) is 5.50. The Morgan fingerprint density at radius 2 is 1.62 bits per heavy atom. The molecule has 3 heterocycles. The van der Waals surface area contributed by atoms with Crippen LogP contribution < -0.4 is 10.6 Å². The number of aromatic nitrogens is 1. The lowest BCUT2D eigenvalue weighted by atomic mass is 10.1. The van der Waals surface area contributed by atoms with E-state index in [1.165, 1.54) is 50.5 Å². The maximum Gasteiger partial charge on any atom is 0.191 e. The monoisotopic (exact) mass is 443 g/mol. The molecule has 3 rings (SSSR count). The van der Waals surface area contributed by atoms with Crippen molar-refractivity contribution >= 4 is 35.8 Å². The number of nitrogens with zero attached hydrogens (tertiary/aromatic N) is 4. The summed E-state index contributed by atoms with van der Waals surface area (Å²) in [7, 11) is 0. The summed E-state index contributed by atoms with van der Waals surface area (Å²) in [6.45, 7) is 4.98. The molecule has 2 aliphatic heterocycles. The SMILES string of the molecule is I.NC(=NCc1ccnc(N2CCCCC2)c1)N1CCCCCC1. The molecule has 0 aromatic carbocycles. The van der Waals surface area contributed by atoms with Crippen LogP contribution in [0, 0.1) is 0 Å². The highest BCUT2D eigenvalue weighted by Gasteiger charge is 2.13. The highest BCUT2D eigenvalue weighted by atomic mass is 127. The number of anilines is 1. The molecule has 0 unspecified atom stereocenters. The summed E-state index contributed by atoms with van der Waals surface area (Å²) >= 11 is 0. The van der Waals surface area contributed by atoms with E-state index in [1.807, 2.05) is 12.3 Å². The Morgan fingerprint density at radius 1 is 1.00 bits per heavy atom. The fourth-order valence-electron chi connectivity index (χ4n) is 3.43. The van der Waals surface area contributed by atoms with Gasteiger partial charge in [0, 0.05) is 32.4 Å². The standard InChI is InChI=1S/C18H29N5.HI/c19-18(23-12-4-1-2-5-13-23)21-15-16-8-9-20-17(14-16)22-10-6-3-7-11-22;/h8-9,14H,1-7,10-13,15H2,(H2,19,21);1H. The van der Waals surface area contributed by atoms with E-state index in [0.29, 0.717) is 12.5 Å². The fourth-order valence-corrected chi connectivity index (χ4v) is 3.43. The maximum absolute atomic E-state index is 6.20. The zero-order chi connectivity index (χ0) is 15.9. The minimum Gasteiger partial charge on any atom is -0.370 e. The molecule has 0 bridgehead atoms. The Hall–Kier alpha value is -1.05. The Morgan fingerprint density at radius 3 is 2.33 bits per heavy atom. The highest BCUT2D eigenvalue weighted by Crippen LogP contribution is 2.18. The van der Waals surface area contributed by atoms with Crippen LogP contribution in [0.4, 0.5) is 5.82 Å². The molecule has 0 spiro atoms. The smallest absolute Gasteiger partial charge is 0.191 e. The summed E-state index contributed by atoms with van der Waals surface area (Å²) in [5.41, 5.74) is 7.39. The van der Waals surface area contributed by atoms with Crippen LogP contribution in [0.5, 0.6) is 0 Å². The van der Waals surface area contributed by atoms with Gasteiger partial charge in [-0.25, -0.2) is 9.98 Å². The van der Waals surface area contributed by atoms with Crippen molar-refractivity contribution in [1.29, 1.82) is 0 Å². The van der Waals surface area contributed by atoms with Gasteiger partial charge in [-0.15, -0.1) is 24.0 Å². The Kier molecular flexibility index (Phi) is 8.08. The zero-order valence-corrected chi connectivity index (χ0v) is 16.8. The van der Waals surface area contributed by atoms with E-state index in [-0.39, 0.29) is 24.0 Å². The zero-order valence-electron chi connectivity index (χ0n) is 14.5. The average molecular weight is 443 g/mol. The van der Waals surface area contributed by atoms with Gasteiger partial charge < -0.3 is 15.5 Å². The van der Waals surface area contributed by atoms with Crippen molar-refractivity contribution in [3.63, 3.8) is 0 Å². The summed E-state index contributed by atoms with van der Waals surface area (Å²) in [6.07, 6.45) is 10.9. The first-order chi connectivity index (χ1) is 11.3. The summed E-state index contributed by atoms with van der Waals surface area (Å²) < 4.78 is 0. The van der Waals surface area contributed by atoms with E-state index in [9.17, 15) is 0 Å². The second-order valence-corrected chi connectivity index (χ2v) is 6.65. The van der Waals surface area contributed by atoms with Crippen LogP contribution in [-0.2, 0) is 6.54 Å². The molecular formula is C18H30IN5. The van der Waals surface area contributed by atoms with Crippen LogP contribution in [0.3, 0.4) is 0 Å². The van der Waals surface area contributed by atoms with Crippen LogP contribution in [0.2, 0.25) is 0 Å². The number of halogens is 1. The third-order valence-corrected chi connectivity index (χ3v) is 4.84. The van der Waals surface area contributed by atoms with Gasteiger partial charge in [0.25, 0.3) is 0 Å². The van der Waals surface area contributed by atoms with Gasteiger partial charge in [-0.1, -0.05) is 12.8 Å². The molecular weight excluding hydrogens is 413 g/mol. The number of guanidine groups is 1. The molecule has 0 atom stereocenters. The first-order valence-electron chi connectivity index (χ1n) is 9.08. The second-order valence-electron chi connectivity index (χ2n) is 6.65. The van der Waals surface area contributed by atoms with Crippen molar-refractivity contribution in [2.75, 3.05) is 31.1 Å². The maximum atomic E-state index is 6.20. The molecule has 2 N–H and O–H groups in total. The minimum absolute atomic E-state index is 0. The molecule has 0 saturated carbocycles. The highest BCUT2D eigenvalue weighted by molar-refractivity contribution is 14.0. The van der Waals surface area contributed by atoms with Gasteiger partial charge in [-0.05, 0) is 49.8 Å². The molecule has 134 valence electrons. The van der Waals surface area contributed by atoms with E-state index in [4.69, 9.17) is 5.73 Å². The first-order valence-corrected chi connectivity index (χ1v) is 9.08. The summed E-state index contributed by atoms with van der Waals surface area (Å²) in [5.74, 6) is 1.79. The van der Waals surface area contributed by atoms with Crippen LogP contribution in [-0.4, -0.2) is 42.0 Å². The van der Waals surface area contributed by atoms with Crippen molar-refractivity contribution in [2.24, 2.45) is 10.7 Å². The van der Waals surface area contributed by atoms with E-state index in [0.717, 1.165) is 32.0 Å². The Bertz CT molecular complexity index is 520. The Balaban J connectivity index is 0.00000208. The molecule has 0 radical (unpaired) electrons. The second kappa shape index (κ2) is 10.1. The van der Waals surface area contributed by atoms with E-state index < -0.39 is 0 Å². The third-order valence-electron chi connectivity index (χ3n) is 4.84. The largest absolute Gasteiger partial charge is 0.370 e. The predicted octanol–water partition coefficient (Wildman–Crippen LogP) is 3.38. The Labute approximate surface area is 162 Å². The molecule has 1 aromatic rings. The van der Waals surface area contributed by atoms with Crippen LogP contribution in [0.25, 0.3) is 0 Å². The molecule has 2 aliphatic rings. The summed E-state index contributed by atoms with van der Waals surface area (Å²) in [6, 6.07) is 4.22. The molecule has 6 heteroatoms. The van der Waals surface area contributed by atoms with Crippen LogP contribution in [0.15, 0.2) is 23.3 Å². The number of nitrogens with two attached hydrogens (primary N) is 1. The van der Waals surface area contributed by atoms with Crippen LogP contribution >= 0.6 is 24.0 Å². The van der Waals surface area contributed by atoms with Crippen molar-refractivity contribution < 1.29 is 0 Å². The van der Waals surface area contributed by atoms with Crippen LogP contribution in [0.1, 0.15) is 50.5 Å². The number of hydrogen-bond acceptors (Lipinski definition) is 3. The number of piperidine rings is 1. The molecule has 5 nitrogen and oxygen atoms in total. The topological polar surface area (TPSA) is 57.8 Å². The van der Waals surface area contributed by atoms with Gasteiger partial charge in [-0.3, -0.25) is 0 Å². The van der Waals surface area contributed by atoms with Crippen molar-refractivity contribution in [3.8, 4) is 0 Å². The quantitative estimate of drug-likeness (QED) is 0.442. The summed E-state index contributed by atoms with van der Waals surface area (Å²) in [4.78, 5) is 13.8. The van der Waals surface area contributed by atoms with Gasteiger partial charge in [0.1, 0.15) is 5.82 Å². The van der Waals surface area contributed by atoms with Gasteiger partial charge in [0.15, 0.2) is 5.96 Å². The van der Waals surface area contributed by atoms with E-state index >= 15 is 0 Å². The van der Waals surface area contributed by atoms with Gasteiger partial charge in [-0.2, -0.15) is 0 Å². The molecule has 2 fully saturated rings. The van der Waals surface area contributed by atoms with Gasteiger partial charge in [0.2, 0.25) is 0 Å². The van der Waals surface area contributed by atoms with Crippen molar-refractivity contribution in [1.82, 2.24) is 9.88 Å². The molecule has 0 amide bonds. The normalized spacial score (nSPS) is 19.6. The lowest BCUT2D eigenvalue weighted by molar-refractivity contribution is 0.428. The number of rotatable bonds is 3. The number of pyridine rings is 1. The number of hydrogen-bond donors (Lipinski definition) is 1. The van der Waals surface area contributed by atoms with Gasteiger partial charge in [0.05, 0.1) is 6.54 Å². The van der Waals surface area contributed by atoms with Crippen molar-refractivity contribution in [3.05, 3.63) is 23.9 Å². The lowest BCUT2D eigenvalue weighted by Gasteiger charge is -2.27. The lowest BCUT2D eigenvalue weighted by Crippen LogP contribution is -2.38. The molecule has 24 heavy (non-hydrogen) atoms. The molecule has 0 aliphatic carbocycles. The fraction of sp³-hybridized carbons (Fsp3) is 0.667. The predicted molar refractivity (Wildman–Crippen MR) is 111 cm³/mol. The number of likely N-dealkylation sites (tertiary alicyclic amines) is 1. The van der Waals surface area contributed by atoms with Gasteiger partial charge >= 0.3 is 0 Å². The molecule has 2 saturated heterocycles. The number of aliphatic imine (C=N–C) groups is 1. The molecule has 1 aromatic heterocycles. The average Bonchev–Trinajstić information content (AvgIpc) is 2.90. The van der Waals surface area contributed by atoms with E-state index in [2.05, 4.69) is 25.8 Å².